The van der Waals surface area contributed by atoms with Gasteiger partial charge in [-0.2, -0.15) is 5.26 Å². The molecule has 3 rings (SSSR count). The fourth-order valence-electron chi connectivity index (χ4n) is 3.74. The number of amides is 2. The van der Waals surface area contributed by atoms with Crippen LogP contribution in [0.25, 0.3) is 0 Å². The number of carbonyl (C=O) groups is 3. The second-order valence-electron chi connectivity index (χ2n) is 8.71. The van der Waals surface area contributed by atoms with Gasteiger partial charge in [-0.05, 0) is 5.41 Å². The SMILES string of the molecule is COC(=O)c1scc(C#N)c1NC(=O)C[N+]1(CC(=O)Nc2ccon2)CCC(C)(C)CC1. The number of ether oxygens (including phenoxy) is 1. The number of thiophene rings is 1. The molecule has 1 aliphatic rings. The first kappa shape index (κ1) is 23.4. The average Bonchev–Trinajstić information content (AvgIpc) is 3.39. The highest BCUT2D eigenvalue weighted by Gasteiger charge is 2.41. The van der Waals surface area contributed by atoms with E-state index < -0.39 is 5.97 Å². The minimum Gasteiger partial charge on any atom is -0.465 e. The van der Waals surface area contributed by atoms with Gasteiger partial charge in [0.2, 0.25) is 0 Å². The minimum absolute atomic E-state index is 0.0314. The molecule has 0 aliphatic carbocycles. The molecule has 1 fully saturated rings. The van der Waals surface area contributed by atoms with Gasteiger partial charge in [0.25, 0.3) is 11.8 Å². The Morgan fingerprint density at radius 2 is 1.91 bits per heavy atom. The molecule has 1 saturated heterocycles. The van der Waals surface area contributed by atoms with Crippen molar-refractivity contribution in [3.05, 3.63) is 28.2 Å². The van der Waals surface area contributed by atoms with Crippen LogP contribution in [0.3, 0.4) is 0 Å². The van der Waals surface area contributed by atoms with Crippen molar-refractivity contribution < 1.29 is 28.1 Å². The van der Waals surface area contributed by atoms with E-state index >= 15 is 0 Å². The van der Waals surface area contributed by atoms with Crippen molar-refractivity contribution in [3.8, 4) is 6.07 Å². The lowest BCUT2D eigenvalue weighted by molar-refractivity contribution is -0.919. The molecule has 32 heavy (non-hydrogen) atoms. The van der Waals surface area contributed by atoms with Crippen LogP contribution in [0.2, 0.25) is 0 Å². The van der Waals surface area contributed by atoms with E-state index in [1.165, 1.54) is 18.8 Å². The standard InChI is InChI=1S/C21H25N5O5S/c1-21(2)5-7-26(8-6-21,11-16(27)23-15-4-9-31-25-15)12-17(28)24-18-14(10-22)13-32-19(18)20(29)30-3/h4,9,13H,5-8,11-12H2,1-3H3,(H-,23,24,25,27,28,29)/p+1. The zero-order chi connectivity index (χ0) is 23.4. The number of rotatable bonds is 7. The third-order valence-electron chi connectivity index (χ3n) is 5.74. The zero-order valence-corrected chi connectivity index (χ0v) is 19.1. The Bertz CT molecular complexity index is 1030. The summed E-state index contributed by atoms with van der Waals surface area (Å²) in [6, 6.07) is 3.53. The molecule has 0 atom stereocenters. The normalized spacial score (nSPS) is 16.6. The highest BCUT2D eigenvalue weighted by molar-refractivity contribution is 7.12. The highest BCUT2D eigenvalue weighted by Crippen LogP contribution is 2.34. The predicted molar refractivity (Wildman–Crippen MR) is 117 cm³/mol. The van der Waals surface area contributed by atoms with Crippen LogP contribution >= 0.6 is 11.3 Å². The van der Waals surface area contributed by atoms with E-state index in [1.807, 2.05) is 6.07 Å². The third-order valence-corrected chi connectivity index (χ3v) is 6.70. The maximum absolute atomic E-state index is 13.0. The van der Waals surface area contributed by atoms with Crippen LogP contribution in [0.4, 0.5) is 11.5 Å². The van der Waals surface area contributed by atoms with Crippen LogP contribution in [-0.4, -0.2) is 60.7 Å². The number of aromatic nitrogens is 1. The van der Waals surface area contributed by atoms with Crippen LogP contribution in [0.15, 0.2) is 22.2 Å². The molecule has 1 aliphatic heterocycles. The largest absolute Gasteiger partial charge is 0.465 e. The Morgan fingerprint density at radius 3 is 2.47 bits per heavy atom. The molecule has 2 amide bonds. The van der Waals surface area contributed by atoms with Crippen LogP contribution in [0.5, 0.6) is 0 Å². The molecule has 2 aromatic heterocycles. The van der Waals surface area contributed by atoms with E-state index in [-0.39, 0.29) is 50.9 Å². The molecule has 0 bridgehead atoms. The Labute approximate surface area is 189 Å². The first-order chi connectivity index (χ1) is 15.2. The maximum atomic E-state index is 13.0. The van der Waals surface area contributed by atoms with E-state index in [0.29, 0.717) is 18.9 Å². The van der Waals surface area contributed by atoms with E-state index in [0.717, 1.165) is 24.2 Å². The van der Waals surface area contributed by atoms with Crippen LogP contribution in [-0.2, 0) is 14.3 Å². The van der Waals surface area contributed by atoms with Gasteiger partial charge in [0, 0.05) is 24.3 Å². The summed E-state index contributed by atoms with van der Waals surface area (Å²) in [5.74, 6) is -0.953. The number of nitrogens with one attached hydrogen (secondary N) is 2. The van der Waals surface area contributed by atoms with Gasteiger partial charge < -0.3 is 24.4 Å². The van der Waals surface area contributed by atoms with Gasteiger partial charge in [0.05, 0.1) is 31.5 Å². The molecule has 170 valence electrons. The second-order valence-corrected chi connectivity index (χ2v) is 9.59. The van der Waals surface area contributed by atoms with Crippen molar-refractivity contribution in [3.63, 3.8) is 0 Å². The topological polar surface area (TPSA) is 134 Å². The molecule has 0 aromatic carbocycles. The lowest BCUT2D eigenvalue weighted by Crippen LogP contribution is -2.60. The van der Waals surface area contributed by atoms with E-state index in [2.05, 4.69) is 29.6 Å². The quantitative estimate of drug-likeness (QED) is 0.479. The monoisotopic (exact) mass is 460 g/mol. The van der Waals surface area contributed by atoms with Crippen molar-refractivity contribution >= 4 is 40.6 Å². The van der Waals surface area contributed by atoms with Gasteiger partial charge in [0.1, 0.15) is 17.2 Å². The summed E-state index contributed by atoms with van der Waals surface area (Å²) >= 11 is 1.04. The fourth-order valence-corrected chi connectivity index (χ4v) is 4.61. The van der Waals surface area contributed by atoms with Crippen molar-refractivity contribution in [2.24, 2.45) is 5.41 Å². The van der Waals surface area contributed by atoms with Gasteiger partial charge in [-0.15, -0.1) is 11.3 Å². The van der Waals surface area contributed by atoms with Gasteiger partial charge in [-0.1, -0.05) is 19.0 Å². The van der Waals surface area contributed by atoms with Crippen molar-refractivity contribution in [1.82, 2.24) is 5.16 Å². The Kier molecular flexibility index (Phi) is 6.96. The lowest BCUT2D eigenvalue weighted by Gasteiger charge is -2.45. The molecular weight excluding hydrogens is 434 g/mol. The minimum atomic E-state index is -0.623. The predicted octanol–water partition coefficient (Wildman–Crippen LogP) is 2.61. The van der Waals surface area contributed by atoms with E-state index in [9.17, 15) is 19.6 Å². The summed E-state index contributed by atoms with van der Waals surface area (Å²) in [5, 5.41) is 19.9. The van der Waals surface area contributed by atoms with Gasteiger partial charge >= 0.3 is 5.97 Å². The molecular formula is C21H26N5O5S+. The number of hydrogen-bond donors (Lipinski definition) is 2. The number of piperidine rings is 1. The smallest absolute Gasteiger partial charge is 0.350 e. The van der Waals surface area contributed by atoms with Crippen molar-refractivity contribution in [2.45, 2.75) is 26.7 Å². The lowest BCUT2D eigenvalue weighted by atomic mass is 9.81. The van der Waals surface area contributed by atoms with Crippen LogP contribution in [0, 0.1) is 16.7 Å². The molecule has 2 aromatic rings. The van der Waals surface area contributed by atoms with Crippen molar-refractivity contribution in [2.75, 3.05) is 43.9 Å². The first-order valence-electron chi connectivity index (χ1n) is 10.1. The molecule has 10 nitrogen and oxygen atoms in total. The number of quaternary nitrogens is 1. The average molecular weight is 461 g/mol. The molecule has 2 N–H and O–H groups in total. The zero-order valence-electron chi connectivity index (χ0n) is 18.3. The molecule has 0 radical (unpaired) electrons. The number of carbonyl (C=O) groups excluding carboxylic acids is 3. The number of esters is 1. The number of methoxy groups -OCH3 is 1. The Morgan fingerprint density at radius 1 is 1.25 bits per heavy atom. The summed E-state index contributed by atoms with van der Waals surface area (Å²) in [6.07, 6.45) is 3.07. The first-order valence-corrected chi connectivity index (χ1v) is 11.0. The number of hydrogen-bond acceptors (Lipinski definition) is 8. The molecule has 0 spiro atoms. The van der Waals surface area contributed by atoms with Crippen LogP contribution in [0.1, 0.15) is 41.9 Å². The van der Waals surface area contributed by atoms with Crippen LogP contribution < -0.4 is 10.6 Å². The van der Waals surface area contributed by atoms with Crippen molar-refractivity contribution in [1.29, 1.82) is 5.26 Å². The summed E-state index contributed by atoms with van der Waals surface area (Å²) in [4.78, 5) is 37.9. The van der Waals surface area contributed by atoms with Gasteiger partial charge in [-0.25, -0.2) is 4.79 Å². The molecule has 0 unspecified atom stereocenters. The Hall–Kier alpha value is -3.23. The molecule has 11 heteroatoms. The fraction of sp³-hybridized carbons (Fsp3) is 0.476. The number of nitriles is 1. The third kappa shape index (κ3) is 5.52. The Balaban J connectivity index is 1.77. The number of nitrogens with zero attached hydrogens (tertiary/aromatic N) is 3. The summed E-state index contributed by atoms with van der Waals surface area (Å²) in [6.45, 7) is 5.75. The van der Waals surface area contributed by atoms with Gasteiger partial charge in [-0.3, -0.25) is 9.59 Å². The number of anilines is 2. The summed E-state index contributed by atoms with van der Waals surface area (Å²) < 4.78 is 9.76. The molecule has 0 saturated carbocycles. The number of likely N-dealkylation sites (tertiary alicyclic amines) is 1. The second kappa shape index (κ2) is 9.50. The highest BCUT2D eigenvalue weighted by atomic mass is 32.1. The maximum Gasteiger partial charge on any atom is 0.350 e. The summed E-state index contributed by atoms with van der Waals surface area (Å²) in [5.41, 5.74) is 0.468. The van der Waals surface area contributed by atoms with Gasteiger partial charge in [0.15, 0.2) is 18.9 Å². The molecule has 3 heterocycles. The summed E-state index contributed by atoms with van der Waals surface area (Å²) in [7, 11) is 1.24. The van der Waals surface area contributed by atoms with E-state index in [4.69, 9.17) is 9.26 Å². The van der Waals surface area contributed by atoms with E-state index in [1.54, 1.807) is 6.07 Å².